The molecule has 3 N–H and O–H groups in total. The molecule has 0 rings (SSSR count). The Morgan fingerprint density at radius 3 is 1.00 bits per heavy atom. The molecular weight excluding hydrogens is 1040 g/mol. The van der Waals surface area contributed by atoms with Crippen LogP contribution >= 0.6 is 7.82 Å². The molecule has 0 saturated carbocycles. The Kier molecular flexibility index (Phi) is 63.6. The summed E-state index contributed by atoms with van der Waals surface area (Å²) in [5.74, 6) is -0.854. The second kappa shape index (κ2) is 66.5. The molecule has 0 fully saturated rings. The van der Waals surface area contributed by atoms with Gasteiger partial charge in [-0.2, -0.15) is 0 Å². The van der Waals surface area contributed by atoms with Crippen LogP contribution in [0, 0.1) is 0 Å². The summed E-state index contributed by atoms with van der Waals surface area (Å²) in [5, 5.41) is 0. The molecule has 0 saturated heterocycles. The summed E-state index contributed by atoms with van der Waals surface area (Å²) >= 11 is 0. The van der Waals surface area contributed by atoms with Crippen LogP contribution < -0.4 is 5.73 Å². The average Bonchev–Trinajstić information content (AvgIpc) is 3.49. The van der Waals surface area contributed by atoms with E-state index in [0.717, 1.165) is 109 Å². The van der Waals surface area contributed by atoms with E-state index in [1.165, 1.54) is 148 Å². The molecule has 0 amide bonds. The van der Waals surface area contributed by atoms with E-state index < -0.39 is 26.5 Å². The van der Waals surface area contributed by atoms with Gasteiger partial charge in [0.25, 0.3) is 0 Å². The summed E-state index contributed by atoms with van der Waals surface area (Å²) in [6.45, 7) is 3.63. The van der Waals surface area contributed by atoms with Crippen molar-refractivity contribution < 1.29 is 37.6 Å². The van der Waals surface area contributed by atoms with Gasteiger partial charge in [-0.3, -0.25) is 18.6 Å². The number of carbonyl (C=O) groups is 2. The van der Waals surface area contributed by atoms with Gasteiger partial charge in [0, 0.05) is 19.4 Å². The maximum absolute atomic E-state index is 12.7. The first-order chi connectivity index (χ1) is 40.3. The van der Waals surface area contributed by atoms with Crippen LogP contribution in [0.2, 0.25) is 0 Å². The lowest BCUT2D eigenvalue weighted by molar-refractivity contribution is -0.161. The fourth-order valence-corrected chi connectivity index (χ4v) is 9.96. The molecule has 0 heterocycles. The average molecular weight is 1160 g/mol. The Morgan fingerprint density at radius 1 is 0.378 bits per heavy atom. The standard InChI is InChI=1S/C72H124NO8P/c1-3-5-7-9-11-13-15-17-19-21-23-25-27-29-31-32-33-34-35-36-37-38-39-41-43-45-47-49-51-53-55-57-59-61-63-65-72(75)81-70(69-80-82(76,77)79-67-66-73)68-78-71(74)64-62-60-58-56-54-52-50-48-46-44-42-40-30-28-26-24-22-20-18-16-14-12-10-8-6-4-2/h5,7,11,13,17,19,23,25,29,31,33-34,36-37,39,41,45,47,51,53,70H,3-4,6,8-10,12,14-16,18,20-22,24,26-28,30,32,35,38,40,42-44,46,48-50,52,54-69,73H2,1-2H3,(H,76,77)/b7-5-,13-11-,19-17-,25-23-,31-29-,34-33-,37-36-,41-39-,47-45-,53-51-. The Hall–Kier alpha value is -3.59. The Balaban J connectivity index is 4.01. The highest BCUT2D eigenvalue weighted by atomic mass is 31.2. The van der Waals surface area contributed by atoms with Gasteiger partial charge in [0.1, 0.15) is 6.61 Å². The number of unbranched alkanes of at least 4 members (excludes halogenated alkanes) is 29. The van der Waals surface area contributed by atoms with Crippen LogP contribution in [0.4, 0.5) is 0 Å². The molecule has 0 aromatic heterocycles. The van der Waals surface area contributed by atoms with Crippen molar-refractivity contribution in [3.8, 4) is 0 Å². The lowest BCUT2D eigenvalue weighted by atomic mass is 10.0. The third-order valence-electron chi connectivity index (χ3n) is 14.1. The van der Waals surface area contributed by atoms with Crippen molar-refractivity contribution in [1.82, 2.24) is 0 Å². The highest BCUT2D eigenvalue weighted by molar-refractivity contribution is 7.47. The van der Waals surface area contributed by atoms with E-state index in [1.54, 1.807) is 0 Å². The summed E-state index contributed by atoms with van der Waals surface area (Å²) in [5.41, 5.74) is 5.39. The number of carbonyl (C=O) groups excluding carboxylic acids is 2. The van der Waals surface area contributed by atoms with Gasteiger partial charge in [0.2, 0.25) is 0 Å². The maximum Gasteiger partial charge on any atom is 0.472 e. The summed E-state index contributed by atoms with van der Waals surface area (Å²) in [6.07, 6.45) is 92.8. The monoisotopic (exact) mass is 1160 g/mol. The molecule has 0 spiro atoms. The van der Waals surface area contributed by atoms with Crippen molar-refractivity contribution >= 4 is 19.8 Å². The van der Waals surface area contributed by atoms with Crippen LogP contribution in [-0.4, -0.2) is 49.3 Å². The van der Waals surface area contributed by atoms with E-state index in [2.05, 4.69) is 135 Å². The molecule has 0 aliphatic carbocycles. The van der Waals surface area contributed by atoms with Gasteiger partial charge in [-0.05, 0) is 89.9 Å². The van der Waals surface area contributed by atoms with Crippen LogP contribution in [0.1, 0.15) is 290 Å². The lowest BCUT2D eigenvalue weighted by Crippen LogP contribution is -2.29. The van der Waals surface area contributed by atoms with Gasteiger partial charge in [-0.15, -0.1) is 0 Å². The van der Waals surface area contributed by atoms with E-state index in [0.29, 0.717) is 6.42 Å². The van der Waals surface area contributed by atoms with Crippen LogP contribution in [0.25, 0.3) is 0 Å². The van der Waals surface area contributed by atoms with E-state index in [4.69, 9.17) is 24.3 Å². The van der Waals surface area contributed by atoms with Crippen LogP contribution in [0.5, 0.6) is 0 Å². The number of phosphoric ester groups is 1. The second-order valence-corrected chi connectivity index (χ2v) is 23.4. The van der Waals surface area contributed by atoms with Gasteiger partial charge in [-0.1, -0.05) is 309 Å². The first-order valence-corrected chi connectivity index (χ1v) is 35.0. The van der Waals surface area contributed by atoms with E-state index >= 15 is 0 Å². The zero-order valence-electron chi connectivity index (χ0n) is 52.7. The summed E-state index contributed by atoms with van der Waals surface area (Å²) in [4.78, 5) is 35.3. The summed E-state index contributed by atoms with van der Waals surface area (Å²) in [7, 11) is -4.41. The first-order valence-electron chi connectivity index (χ1n) is 33.5. The van der Waals surface area contributed by atoms with Crippen molar-refractivity contribution in [2.24, 2.45) is 5.73 Å². The molecule has 0 aromatic rings. The molecular formula is C72H124NO8P. The molecule has 10 heteroatoms. The minimum atomic E-state index is -4.41. The number of hydrogen-bond donors (Lipinski definition) is 2. The fourth-order valence-electron chi connectivity index (χ4n) is 9.20. The van der Waals surface area contributed by atoms with Crippen molar-refractivity contribution in [1.29, 1.82) is 0 Å². The van der Waals surface area contributed by atoms with Crippen LogP contribution in [0.15, 0.2) is 122 Å². The Morgan fingerprint density at radius 2 is 0.671 bits per heavy atom. The highest BCUT2D eigenvalue weighted by Crippen LogP contribution is 2.43. The minimum Gasteiger partial charge on any atom is -0.462 e. The normalized spacial score (nSPS) is 13.8. The third kappa shape index (κ3) is 65.6. The fraction of sp³-hybridized carbons (Fsp3) is 0.694. The number of rotatable bonds is 62. The van der Waals surface area contributed by atoms with Gasteiger partial charge in [-0.25, -0.2) is 4.57 Å². The number of allylic oxidation sites excluding steroid dienone is 20. The lowest BCUT2D eigenvalue weighted by Gasteiger charge is -2.19. The number of esters is 2. The Bertz CT molecular complexity index is 1760. The SMILES string of the molecule is CC/C=C\C/C=C\C/C=C\C/C=C\C/C=C\C/C=C\C/C=C\C/C=C\C/C=C\C/C=C\CCCCCCC(=O)OC(COC(=O)CCCCCCCCCCCCCCCCCCCCCCCCCCCC)COP(=O)(O)OCCN. The highest BCUT2D eigenvalue weighted by Gasteiger charge is 2.26. The molecule has 470 valence electrons. The predicted molar refractivity (Wildman–Crippen MR) is 353 cm³/mol. The van der Waals surface area contributed by atoms with Crippen LogP contribution in [-0.2, 0) is 32.7 Å². The minimum absolute atomic E-state index is 0.0441. The smallest absolute Gasteiger partial charge is 0.462 e. The number of phosphoric acid groups is 1. The molecule has 2 unspecified atom stereocenters. The van der Waals surface area contributed by atoms with E-state index in [-0.39, 0.29) is 38.6 Å². The third-order valence-corrected chi connectivity index (χ3v) is 15.1. The van der Waals surface area contributed by atoms with Crippen molar-refractivity contribution in [3.05, 3.63) is 122 Å². The van der Waals surface area contributed by atoms with Gasteiger partial charge < -0.3 is 20.1 Å². The molecule has 0 bridgehead atoms. The molecule has 82 heavy (non-hydrogen) atoms. The molecule has 9 nitrogen and oxygen atoms in total. The molecule has 2 atom stereocenters. The van der Waals surface area contributed by atoms with Gasteiger partial charge in [0.15, 0.2) is 6.10 Å². The summed E-state index contributed by atoms with van der Waals surface area (Å²) < 4.78 is 33.1. The van der Waals surface area contributed by atoms with Crippen molar-refractivity contribution in [2.75, 3.05) is 26.4 Å². The maximum atomic E-state index is 12.7. The topological polar surface area (TPSA) is 134 Å². The first kappa shape index (κ1) is 78.4. The van der Waals surface area contributed by atoms with Crippen molar-refractivity contribution in [3.63, 3.8) is 0 Å². The molecule has 0 aliphatic rings. The largest absolute Gasteiger partial charge is 0.472 e. The quantitative estimate of drug-likeness (QED) is 0.0264. The molecule has 0 aliphatic heterocycles. The molecule has 0 radical (unpaired) electrons. The second-order valence-electron chi connectivity index (χ2n) is 22.0. The number of hydrogen-bond acceptors (Lipinski definition) is 8. The number of nitrogens with two attached hydrogens (primary N) is 1. The summed E-state index contributed by atoms with van der Waals surface area (Å²) in [6, 6.07) is 0. The predicted octanol–water partition coefficient (Wildman–Crippen LogP) is 21.9. The van der Waals surface area contributed by atoms with Gasteiger partial charge in [0.05, 0.1) is 13.2 Å². The number of ether oxygens (including phenoxy) is 2. The molecule has 0 aromatic carbocycles. The van der Waals surface area contributed by atoms with Crippen LogP contribution in [0.3, 0.4) is 0 Å². The van der Waals surface area contributed by atoms with Gasteiger partial charge >= 0.3 is 19.8 Å². The Labute approximate surface area is 504 Å². The zero-order chi connectivity index (χ0) is 59.4. The van der Waals surface area contributed by atoms with Crippen molar-refractivity contribution in [2.45, 2.75) is 296 Å². The van der Waals surface area contributed by atoms with E-state index in [9.17, 15) is 19.0 Å². The van der Waals surface area contributed by atoms with E-state index in [1.807, 2.05) is 0 Å². The zero-order valence-corrected chi connectivity index (χ0v) is 53.6.